The van der Waals surface area contributed by atoms with Gasteiger partial charge in [-0.25, -0.2) is 4.79 Å². The average molecular weight is 451 g/mol. The molecule has 176 valence electrons. The molecule has 0 aromatic heterocycles. The second-order valence-corrected chi connectivity index (χ2v) is 6.88. The number of aliphatic imine (C=N–C) groups is 1. The maximum atomic E-state index is 12.0. The minimum Gasteiger partial charge on any atom is -0.508 e. The Morgan fingerprint density at radius 3 is 2.22 bits per heavy atom. The fourth-order valence-electron chi connectivity index (χ4n) is 2.50. The molecule has 0 aliphatic heterocycles. The lowest BCUT2D eigenvalue weighted by molar-refractivity contribution is -0.141. The molecule has 0 heterocycles. The van der Waals surface area contributed by atoms with Crippen LogP contribution in [0.5, 0.6) is 5.75 Å². The third-order valence-corrected chi connectivity index (χ3v) is 4.18. The van der Waals surface area contributed by atoms with Gasteiger partial charge < -0.3 is 43.4 Å². The van der Waals surface area contributed by atoms with Gasteiger partial charge in [0.2, 0.25) is 17.7 Å². The first-order chi connectivity index (χ1) is 15.1. The quantitative estimate of drug-likeness (QED) is 0.0871. The van der Waals surface area contributed by atoms with Crippen LogP contribution in [-0.2, 0) is 25.6 Å². The van der Waals surface area contributed by atoms with Gasteiger partial charge >= 0.3 is 5.97 Å². The number of rotatable bonds is 13. The molecule has 0 bridgehead atoms. The number of phenols is 1. The van der Waals surface area contributed by atoms with Crippen molar-refractivity contribution in [2.75, 3.05) is 19.6 Å². The summed E-state index contributed by atoms with van der Waals surface area (Å²) < 4.78 is 0. The van der Waals surface area contributed by atoms with E-state index < -0.39 is 48.9 Å². The van der Waals surface area contributed by atoms with Gasteiger partial charge in [-0.05, 0) is 30.5 Å². The topological polar surface area (TPSA) is 235 Å². The van der Waals surface area contributed by atoms with E-state index in [4.69, 9.17) is 17.2 Å². The van der Waals surface area contributed by atoms with Crippen molar-refractivity contribution in [2.24, 2.45) is 22.2 Å². The lowest BCUT2D eigenvalue weighted by Crippen LogP contribution is -2.49. The predicted octanol–water partition coefficient (Wildman–Crippen LogP) is -2.88. The molecule has 0 spiro atoms. The number of hydrogen-bond acceptors (Lipinski definition) is 7. The van der Waals surface area contributed by atoms with Gasteiger partial charge in [0.05, 0.1) is 19.1 Å². The summed E-state index contributed by atoms with van der Waals surface area (Å²) in [6, 6.07) is 3.80. The Morgan fingerprint density at radius 2 is 1.62 bits per heavy atom. The Balaban J connectivity index is 2.35. The van der Waals surface area contributed by atoms with Crippen molar-refractivity contribution in [3.63, 3.8) is 0 Å². The Labute approximate surface area is 184 Å². The van der Waals surface area contributed by atoms with Gasteiger partial charge in [-0.3, -0.25) is 19.4 Å². The Hall–Kier alpha value is -3.87. The summed E-state index contributed by atoms with van der Waals surface area (Å²) in [5.74, 6) is -3.18. The Kier molecular flexibility index (Phi) is 11.0. The number of phenolic OH excluding ortho intramolecular Hbond substituents is 1. The zero-order valence-corrected chi connectivity index (χ0v) is 17.4. The zero-order chi connectivity index (χ0) is 24.1. The molecule has 1 aromatic carbocycles. The molecule has 13 nitrogen and oxygen atoms in total. The molecular weight excluding hydrogens is 422 g/mol. The molecule has 0 saturated heterocycles. The van der Waals surface area contributed by atoms with Gasteiger partial charge in [-0.2, -0.15) is 0 Å². The third-order valence-electron chi connectivity index (χ3n) is 4.18. The van der Waals surface area contributed by atoms with Gasteiger partial charge in [-0.1, -0.05) is 12.1 Å². The molecule has 2 atom stereocenters. The molecule has 32 heavy (non-hydrogen) atoms. The van der Waals surface area contributed by atoms with Crippen LogP contribution in [-0.4, -0.2) is 71.6 Å². The third kappa shape index (κ3) is 10.8. The van der Waals surface area contributed by atoms with E-state index in [-0.39, 0.29) is 18.1 Å². The summed E-state index contributed by atoms with van der Waals surface area (Å²) in [6.07, 6.45) is 0.782. The molecule has 1 rings (SSSR count). The molecule has 0 radical (unpaired) electrons. The van der Waals surface area contributed by atoms with E-state index in [1.165, 1.54) is 24.3 Å². The Bertz CT molecular complexity index is 824. The van der Waals surface area contributed by atoms with Crippen molar-refractivity contribution >= 4 is 29.7 Å². The fraction of sp³-hybridized carbons (Fsp3) is 0.421. The van der Waals surface area contributed by atoms with Crippen LogP contribution in [0.1, 0.15) is 18.4 Å². The molecule has 3 amide bonds. The number of benzene rings is 1. The van der Waals surface area contributed by atoms with E-state index >= 15 is 0 Å². The summed E-state index contributed by atoms with van der Waals surface area (Å²) in [5, 5.41) is 25.5. The van der Waals surface area contributed by atoms with Crippen LogP contribution in [0, 0.1) is 0 Å². The summed E-state index contributed by atoms with van der Waals surface area (Å²) in [7, 11) is 0. The number of carboxylic acid groups (broad SMARTS) is 1. The van der Waals surface area contributed by atoms with Crippen molar-refractivity contribution < 1.29 is 29.4 Å². The van der Waals surface area contributed by atoms with E-state index in [1.54, 1.807) is 0 Å². The molecule has 2 unspecified atom stereocenters. The summed E-state index contributed by atoms with van der Waals surface area (Å²) in [4.78, 5) is 50.8. The largest absolute Gasteiger partial charge is 0.508 e. The van der Waals surface area contributed by atoms with Crippen LogP contribution in [0.4, 0.5) is 0 Å². The maximum absolute atomic E-state index is 12.0. The number of nitrogens with zero attached hydrogens (tertiary/aromatic N) is 1. The van der Waals surface area contributed by atoms with E-state index in [2.05, 4.69) is 20.9 Å². The number of carbonyl (C=O) groups excluding carboxylic acids is 3. The van der Waals surface area contributed by atoms with E-state index in [0.29, 0.717) is 24.9 Å². The highest BCUT2D eigenvalue weighted by atomic mass is 16.4. The average Bonchev–Trinajstić information content (AvgIpc) is 2.74. The van der Waals surface area contributed by atoms with Crippen LogP contribution >= 0.6 is 0 Å². The highest BCUT2D eigenvalue weighted by molar-refractivity contribution is 5.90. The molecule has 0 fully saturated rings. The predicted molar refractivity (Wildman–Crippen MR) is 115 cm³/mol. The van der Waals surface area contributed by atoms with Gasteiger partial charge in [0.1, 0.15) is 11.8 Å². The van der Waals surface area contributed by atoms with Crippen molar-refractivity contribution in [1.82, 2.24) is 16.0 Å². The van der Waals surface area contributed by atoms with Crippen molar-refractivity contribution in [3.8, 4) is 5.75 Å². The first-order valence-electron chi connectivity index (χ1n) is 9.74. The number of nitrogens with one attached hydrogen (secondary N) is 3. The standard InChI is InChI=1S/C19H29N7O6/c20-13(2-1-7-23-19(21)22)17(30)25-9-15(28)24-10-16(29)26-14(18(31)32)8-11-3-5-12(27)6-4-11/h3-6,13-14,27H,1-2,7-10,20H2,(H,24,28)(H,25,30)(H,26,29)(H,31,32)(H4,21,22,23). The van der Waals surface area contributed by atoms with Crippen LogP contribution < -0.4 is 33.2 Å². The Morgan fingerprint density at radius 1 is 1.00 bits per heavy atom. The molecular formula is C19H29N7O6. The fourth-order valence-corrected chi connectivity index (χ4v) is 2.50. The summed E-state index contributed by atoms with van der Waals surface area (Å²) >= 11 is 0. The van der Waals surface area contributed by atoms with E-state index in [1.807, 2.05) is 0 Å². The molecule has 0 aliphatic rings. The molecule has 11 N–H and O–H groups in total. The van der Waals surface area contributed by atoms with Crippen molar-refractivity contribution in [3.05, 3.63) is 29.8 Å². The maximum Gasteiger partial charge on any atom is 0.326 e. The normalized spacial score (nSPS) is 12.2. The second kappa shape index (κ2) is 13.4. The summed E-state index contributed by atoms with van der Waals surface area (Å²) in [5.41, 5.74) is 16.7. The molecule has 1 aromatic rings. The number of carbonyl (C=O) groups is 4. The number of hydrogen-bond donors (Lipinski definition) is 8. The number of amides is 3. The van der Waals surface area contributed by atoms with Gasteiger partial charge in [0, 0.05) is 13.0 Å². The lowest BCUT2D eigenvalue weighted by Gasteiger charge is -2.15. The first kappa shape index (κ1) is 26.2. The van der Waals surface area contributed by atoms with Gasteiger partial charge in [0.15, 0.2) is 5.96 Å². The second-order valence-electron chi connectivity index (χ2n) is 6.88. The SMILES string of the molecule is NC(N)=NCCCC(N)C(=O)NCC(=O)NCC(=O)NC(Cc1ccc(O)cc1)C(=O)O. The number of guanidine groups is 1. The smallest absolute Gasteiger partial charge is 0.326 e. The minimum atomic E-state index is -1.25. The lowest BCUT2D eigenvalue weighted by atomic mass is 10.1. The van der Waals surface area contributed by atoms with E-state index in [9.17, 15) is 29.4 Å². The van der Waals surface area contributed by atoms with Gasteiger partial charge in [-0.15, -0.1) is 0 Å². The highest BCUT2D eigenvalue weighted by Crippen LogP contribution is 2.11. The monoisotopic (exact) mass is 451 g/mol. The van der Waals surface area contributed by atoms with Crippen LogP contribution in [0.3, 0.4) is 0 Å². The first-order valence-corrected chi connectivity index (χ1v) is 9.74. The zero-order valence-electron chi connectivity index (χ0n) is 17.4. The molecule has 0 aliphatic carbocycles. The van der Waals surface area contributed by atoms with Crippen LogP contribution in [0.25, 0.3) is 0 Å². The minimum absolute atomic E-state index is 0.00751. The van der Waals surface area contributed by atoms with E-state index in [0.717, 1.165) is 0 Å². The molecule has 13 heteroatoms. The number of aromatic hydroxyl groups is 1. The van der Waals surface area contributed by atoms with Gasteiger partial charge in [0.25, 0.3) is 0 Å². The number of carboxylic acids is 1. The van der Waals surface area contributed by atoms with Crippen molar-refractivity contribution in [2.45, 2.75) is 31.3 Å². The highest BCUT2D eigenvalue weighted by Gasteiger charge is 2.21. The summed E-state index contributed by atoms with van der Waals surface area (Å²) in [6.45, 7) is -0.550. The number of aliphatic carboxylic acids is 1. The van der Waals surface area contributed by atoms with Crippen molar-refractivity contribution in [1.29, 1.82) is 0 Å². The van der Waals surface area contributed by atoms with Crippen LogP contribution in [0.2, 0.25) is 0 Å². The number of nitrogens with two attached hydrogens (primary N) is 3. The molecule has 0 saturated carbocycles. The van der Waals surface area contributed by atoms with Crippen LogP contribution in [0.15, 0.2) is 29.3 Å².